The number of hydrogen-bond donors (Lipinski definition) is 2. The van der Waals surface area contributed by atoms with Crippen LogP contribution in [0.3, 0.4) is 0 Å². The third kappa shape index (κ3) is 6.70. The summed E-state index contributed by atoms with van der Waals surface area (Å²) in [4.78, 5) is 56.7. The number of Topliss-reactive ketones (excluding diaryl/α,β-unsaturated/α-hetero) is 2. The fourth-order valence-corrected chi connectivity index (χ4v) is 7.42. The Hall–Kier alpha value is -3.95. The molecular weight excluding hydrogens is 612 g/mol. The molecule has 4 aromatic rings. The maximum absolute atomic E-state index is 12.6. The number of thiophene rings is 1. The van der Waals surface area contributed by atoms with Crippen molar-refractivity contribution in [2.75, 3.05) is 6.61 Å². The van der Waals surface area contributed by atoms with Crippen LogP contribution in [-0.4, -0.2) is 46.2 Å². The Morgan fingerprint density at radius 2 is 1.44 bits per heavy atom. The zero-order valence-electron chi connectivity index (χ0n) is 26.0. The Morgan fingerprint density at radius 1 is 0.867 bits per heavy atom. The smallest absolute Gasteiger partial charge is 0.355 e. The van der Waals surface area contributed by atoms with Gasteiger partial charge in [0.15, 0.2) is 11.6 Å². The van der Waals surface area contributed by atoms with E-state index in [1.54, 1.807) is 25.2 Å². The number of aromatic nitrogens is 2. The second-order valence-electron chi connectivity index (χ2n) is 11.7. The van der Waals surface area contributed by atoms with E-state index in [4.69, 9.17) is 21.1 Å². The van der Waals surface area contributed by atoms with E-state index in [0.717, 1.165) is 28.9 Å². The van der Waals surface area contributed by atoms with Crippen LogP contribution in [0.4, 0.5) is 0 Å². The Bertz CT molecular complexity index is 1750. The van der Waals surface area contributed by atoms with Gasteiger partial charge in [-0.3, -0.25) is 9.59 Å². The summed E-state index contributed by atoms with van der Waals surface area (Å²) in [5.41, 5.74) is 6.15. The summed E-state index contributed by atoms with van der Waals surface area (Å²) >= 11 is 7.94. The lowest BCUT2D eigenvalue weighted by molar-refractivity contribution is 0.0369. The molecule has 3 aromatic heterocycles. The lowest BCUT2D eigenvalue weighted by Gasteiger charge is -2.22. The number of ketones is 2. The van der Waals surface area contributed by atoms with Crippen molar-refractivity contribution in [3.63, 3.8) is 0 Å². The predicted octanol–water partition coefficient (Wildman–Crippen LogP) is 7.93. The van der Waals surface area contributed by atoms with Crippen LogP contribution in [0.5, 0.6) is 0 Å². The number of hydrogen-bond acceptors (Lipinski definition) is 7. The summed E-state index contributed by atoms with van der Waals surface area (Å²) in [7, 11) is 0. The Morgan fingerprint density at radius 3 is 2.00 bits per heavy atom. The molecule has 2 aliphatic carbocycles. The van der Waals surface area contributed by atoms with E-state index < -0.39 is 5.97 Å². The first-order chi connectivity index (χ1) is 21.5. The van der Waals surface area contributed by atoms with Crippen molar-refractivity contribution in [2.24, 2.45) is 0 Å². The fourth-order valence-electron chi connectivity index (χ4n) is 6.30. The number of aromatic amines is 2. The monoisotopic (exact) mass is 648 g/mol. The number of halogens is 1. The van der Waals surface area contributed by atoms with E-state index in [2.05, 4.69) is 16.0 Å². The van der Waals surface area contributed by atoms with Crippen LogP contribution >= 0.6 is 22.9 Å². The number of benzene rings is 1. The zero-order valence-corrected chi connectivity index (χ0v) is 27.6. The molecule has 0 saturated heterocycles. The van der Waals surface area contributed by atoms with Crippen molar-refractivity contribution in [3.05, 3.63) is 102 Å². The molecule has 0 spiro atoms. The molecule has 2 unspecified atom stereocenters. The van der Waals surface area contributed by atoms with Gasteiger partial charge in [0.1, 0.15) is 11.4 Å². The van der Waals surface area contributed by atoms with Crippen LogP contribution in [0.2, 0.25) is 5.02 Å². The molecule has 2 atom stereocenters. The lowest BCUT2D eigenvalue weighted by Crippen LogP contribution is -2.18. The summed E-state index contributed by atoms with van der Waals surface area (Å²) in [5, 5.41) is 2.70. The number of carbonyl (C=O) groups is 4. The van der Waals surface area contributed by atoms with E-state index in [0.29, 0.717) is 59.0 Å². The predicted molar refractivity (Wildman–Crippen MR) is 174 cm³/mol. The first-order valence-electron chi connectivity index (χ1n) is 15.1. The number of ether oxygens (including phenoxy) is 2. The van der Waals surface area contributed by atoms with Gasteiger partial charge >= 0.3 is 11.9 Å². The van der Waals surface area contributed by atoms with Crippen LogP contribution in [0, 0.1) is 13.8 Å². The third-order valence-corrected chi connectivity index (χ3v) is 9.67. The summed E-state index contributed by atoms with van der Waals surface area (Å²) < 4.78 is 10.3. The molecule has 6 rings (SSSR count). The number of carbonyl (C=O) groups excluding carboxylic acids is 4. The van der Waals surface area contributed by atoms with Gasteiger partial charge in [-0.15, -0.1) is 11.3 Å². The summed E-state index contributed by atoms with van der Waals surface area (Å²) in [6, 6.07) is 11.7. The van der Waals surface area contributed by atoms with Gasteiger partial charge in [0.2, 0.25) is 0 Å². The standard InChI is InChI=1S/C18H18ClNO3.C17H19NO3S/c1-3-23-18(22)17-10(2)16-14(20-17)8-11(9-15(16)21)12-6-4-5-7-13(12)19;1-9(2)21-17(20)16-10(3)15-12(18-16)7-11(8-13(15)19)14-5-4-6-22-14/h4-7,11,20H,3,8-9H2,1-2H3;4-6,9,11,18H,7-8H2,1-3H3. The highest BCUT2D eigenvalue weighted by Gasteiger charge is 2.34. The molecule has 8 nitrogen and oxygen atoms in total. The fraction of sp³-hybridized carbons (Fsp3) is 0.371. The van der Waals surface area contributed by atoms with Gasteiger partial charge in [0.25, 0.3) is 0 Å². The molecule has 0 radical (unpaired) electrons. The van der Waals surface area contributed by atoms with E-state index in [-0.39, 0.29) is 35.5 Å². The minimum absolute atomic E-state index is 0.0248. The van der Waals surface area contributed by atoms with Crippen molar-refractivity contribution in [1.29, 1.82) is 0 Å². The van der Waals surface area contributed by atoms with Crippen LogP contribution < -0.4 is 0 Å². The highest BCUT2D eigenvalue weighted by atomic mass is 35.5. The van der Waals surface area contributed by atoms with Gasteiger partial charge in [-0.1, -0.05) is 35.9 Å². The molecule has 1 aromatic carbocycles. The Labute approximate surface area is 271 Å². The topological polar surface area (TPSA) is 118 Å². The zero-order chi connectivity index (χ0) is 32.4. The average Bonchev–Trinajstić information content (AvgIpc) is 3.72. The van der Waals surface area contributed by atoms with Gasteiger partial charge < -0.3 is 19.4 Å². The molecule has 2 N–H and O–H groups in total. The molecule has 236 valence electrons. The van der Waals surface area contributed by atoms with Crippen LogP contribution in [-0.2, 0) is 22.3 Å². The number of esters is 2. The molecule has 0 aliphatic heterocycles. The normalized spacial score (nSPS) is 17.3. The van der Waals surface area contributed by atoms with E-state index in [1.807, 2.05) is 56.5 Å². The Balaban J connectivity index is 0.000000178. The molecule has 10 heteroatoms. The second kappa shape index (κ2) is 13.6. The summed E-state index contributed by atoms with van der Waals surface area (Å²) in [5.74, 6) is -0.426. The van der Waals surface area contributed by atoms with Gasteiger partial charge in [-0.25, -0.2) is 9.59 Å². The molecule has 3 heterocycles. The lowest BCUT2D eigenvalue weighted by atomic mass is 9.81. The second-order valence-corrected chi connectivity index (χ2v) is 13.1. The first-order valence-corrected chi connectivity index (χ1v) is 16.4. The molecule has 0 amide bonds. The summed E-state index contributed by atoms with van der Waals surface area (Å²) in [6.45, 7) is 9.29. The number of nitrogens with one attached hydrogen (secondary N) is 2. The van der Waals surface area contributed by atoms with Crippen molar-refractivity contribution in [1.82, 2.24) is 9.97 Å². The van der Waals surface area contributed by atoms with Gasteiger partial charge in [-0.2, -0.15) is 0 Å². The number of fused-ring (bicyclic) bond motifs is 2. The molecule has 0 saturated carbocycles. The van der Waals surface area contributed by atoms with Gasteiger partial charge in [0.05, 0.1) is 12.7 Å². The maximum Gasteiger partial charge on any atom is 0.355 e. The molecular formula is C35H37ClN2O6S. The summed E-state index contributed by atoms with van der Waals surface area (Å²) in [6.07, 6.45) is 2.15. The van der Waals surface area contributed by atoms with E-state index in [1.165, 1.54) is 4.88 Å². The van der Waals surface area contributed by atoms with Crippen molar-refractivity contribution in [2.45, 2.75) is 78.2 Å². The van der Waals surface area contributed by atoms with Crippen LogP contribution in [0.25, 0.3) is 0 Å². The third-order valence-electron chi connectivity index (χ3n) is 8.29. The number of rotatable bonds is 6. The maximum atomic E-state index is 12.6. The quantitative estimate of drug-likeness (QED) is 0.205. The SMILES string of the molecule is CCOC(=O)c1[nH]c2c(c1C)C(=O)CC(c1ccccc1Cl)C2.Cc1c(C(=O)OC(C)C)[nH]c2c1C(=O)CC(c1cccs1)C2. The first kappa shape index (κ1) is 32.4. The molecule has 0 fully saturated rings. The van der Waals surface area contributed by atoms with Crippen LogP contribution in [0.15, 0.2) is 41.8 Å². The average molecular weight is 649 g/mol. The van der Waals surface area contributed by atoms with Crippen molar-refractivity contribution < 1.29 is 28.7 Å². The highest BCUT2D eigenvalue weighted by Crippen LogP contribution is 2.38. The minimum atomic E-state index is -0.415. The van der Waals surface area contributed by atoms with Gasteiger partial charge in [-0.05, 0) is 87.6 Å². The van der Waals surface area contributed by atoms with E-state index in [9.17, 15) is 19.2 Å². The van der Waals surface area contributed by atoms with Crippen molar-refractivity contribution in [3.8, 4) is 0 Å². The highest BCUT2D eigenvalue weighted by molar-refractivity contribution is 7.10. The van der Waals surface area contributed by atoms with E-state index >= 15 is 0 Å². The Kier molecular flexibility index (Phi) is 9.79. The molecule has 0 bridgehead atoms. The van der Waals surface area contributed by atoms with Crippen molar-refractivity contribution >= 4 is 46.4 Å². The number of H-pyrrole nitrogens is 2. The van der Waals surface area contributed by atoms with Crippen LogP contribution in [0.1, 0.15) is 120 Å². The molecule has 45 heavy (non-hydrogen) atoms. The largest absolute Gasteiger partial charge is 0.461 e. The van der Waals surface area contributed by atoms with Gasteiger partial charge in [0, 0.05) is 51.2 Å². The molecule has 2 aliphatic rings. The minimum Gasteiger partial charge on any atom is -0.461 e.